The molecule has 0 aromatic heterocycles. The molecule has 2 aromatic carbocycles. The second kappa shape index (κ2) is 8.57. The Kier molecular flexibility index (Phi) is 5.84. The summed E-state index contributed by atoms with van der Waals surface area (Å²) in [6, 6.07) is 13.1. The number of carbonyl (C=O) groups excluding carboxylic acids is 3. The molecule has 1 spiro atoms. The molecule has 2 aromatic rings. The Morgan fingerprint density at radius 1 is 1.12 bits per heavy atom. The monoisotopic (exact) mass is 481 g/mol. The van der Waals surface area contributed by atoms with Crippen LogP contribution in [0.1, 0.15) is 32.6 Å². The number of anilines is 1. The summed E-state index contributed by atoms with van der Waals surface area (Å²) in [5, 5.41) is 17.2. The minimum absolute atomic E-state index is 0.0399. The van der Waals surface area contributed by atoms with Crippen molar-refractivity contribution >= 4 is 45.9 Å². The van der Waals surface area contributed by atoms with Gasteiger partial charge < -0.3 is 20.6 Å². The number of aliphatic hydroxyl groups excluding tert-OH is 1. The maximum Gasteiger partial charge on any atom is 0.248 e. The van der Waals surface area contributed by atoms with Crippen LogP contribution in [0.5, 0.6) is 0 Å². The number of hydrogen-bond acceptors (Lipinski definition) is 5. The summed E-state index contributed by atoms with van der Waals surface area (Å²) < 4.78 is -0.984. The Hall–Kier alpha value is -2.58. The van der Waals surface area contributed by atoms with Gasteiger partial charge in [-0.15, -0.1) is 11.8 Å². The third-order valence-electron chi connectivity index (χ3n) is 7.88. The van der Waals surface area contributed by atoms with E-state index in [-0.39, 0.29) is 29.1 Å². The van der Waals surface area contributed by atoms with E-state index in [1.54, 1.807) is 23.7 Å². The maximum absolute atomic E-state index is 13.8. The quantitative estimate of drug-likeness (QED) is 0.528. The molecule has 5 rings (SSSR count). The molecule has 180 valence electrons. The van der Waals surface area contributed by atoms with Crippen LogP contribution in [0.15, 0.2) is 42.5 Å². The molecule has 0 aliphatic carbocycles. The Balaban J connectivity index is 1.50. The minimum atomic E-state index is -0.656. The van der Waals surface area contributed by atoms with Crippen molar-refractivity contribution < 1.29 is 19.5 Å². The highest BCUT2D eigenvalue weighted by Gasteiger charge is 2.76. The van der Waals surface area contributed by atoms with Crippen molar-refractivity contribution in [1.82, 2.24) is 10.2 Å². The smallest absolute Gasteiger partial charge is 0.248 e. The number of carbonyl (C=O) groups is 3. The third kappa shape index (κ3) is 3.41. The topological polar surface area (TPSA) is 98.7 Å². The lowest BCUT2D eigenvalue weighted by Gasteiger charge is -2.34. The van der Waals surface area contributed by atoms with Crippen molar-refractivity contribution in [2.45, 2.75) is 48.1 Å². The molecule has 3 amide bonds. The number of unbranched alkanes of at least 4 members (excludes halogenated alkanes) is 1. The molecule has 3 saturated heterocycles. The average Bonchev–Trinajstić information content (AvgIpc) is 3.39. The van der Waals surface area contributed by atoms with Crippen LogP contribution >= 0.6 is 11.8 Å². The van der Waals surface area contributed by atoms with Crippen LogP contribution in [0.25, 0.3) is 10.8 Å². The van der Waals surface area contributed by atoms with Crippen LogP contribution < -0.4 is 10.6 Å². The normalized spacial score (nSPS) is 31.7. The highest BCUT2D eigenvalue weighted by atomic mass is 32.2. The fraction of sp³-hybridized carbons (Fsp3) is 0.500. The van der Waals surface area contributed by atoms with Crippen molar-refractivity contribution in [2.75, 3.05) is 25.5 Å². The van der Waals surface area contributed by atoms with Gasteiger partial charge in [-0.2, -0.15) is 0 Å². The van der Waals surface area contributed by atoms with Crippen LogP contribution in [0, 0.1) is 11.8 Å². The van der Waals surface area contributed by atoms with Gasteiger partial charge >= 0.3 is 0 Å². The van der Waals surface area contributed by atoms with Crippen LogP contribution in [0.3, 0.4) is 0 Å². The summed E-state index contributed by atoms with van der Waals surface area (Å²) in [4.78, 5) is 42.2. The molecule has 2 unspecified atom stereocenters. The second-order valence-corrected chi connectivity index (χ2v) is 11.8. The first-order chi connectivity index (χ1) is 16.3. The van der Waals surface area contributed by atoms with Gasteiger partial charge in [-0.25, -0.2) is 0 Å². The van der Waals surface area contributed by atoms with Gasteiger partial charge in [0, 0.05) is 30.6 Å². The van der Waals surface area contributed by atoms with E-state index in [4.69, 9.17) is 0 Å². The first kappa shape index (κ1) is 23.2. The number of benzene rings is 2. The number of likely N-dealkylation sites (tertiary alicyclic amines) is 1. The zero-order valence-corrected chi connectivity index (χ0v) is 20.4. The molecular weight excluding hydrogens is 450 g/mol. The number of amides is 3. The summed E-state index contributed by atoms with van der Waals surface area (Å²) in [6.45, 7) is 2.50. The summed E-state index contributed by atoms with van der Waals surface area (Å²) in [5.41, 5.74) is 0.693. The molecule has 3 heterocycles. The van der Waals surface area contributed by atoms with Gasteiger partial charge in [0.25, 0.3) is 0 Å². The first-order valence-electron chi connectivity index (χ1n) is 12.0. The van der Waals surface area contributed by atoms with Crippen LogP contribution in [0.4, 0.5) is 5.69 Å². The number of hydrogen-bond donors (Lipinski definition) is 3. The molecule has 3 N–H and O–H groups in total. The van der Waals surface area contributed by atoms with E-state index in [0.29, 0.717) is 25.1 Å². The summed E-state index contributed by atoms with van der Waals surface area (Å²) in [7, 11) is 1.61. The number of nitrogens with one attached hydrogen (secondary N) is 2. The largest absolute Gasteiger partial charge is 0.396 e. The Morgan fingerprint density at radius 3 is 2.62 bits per heavy atom. The fourth-order valence-electron chi connectivity index (χ4n) is 6.39. The van der Waals surface area contributed by atoms with Crippen LogP contribution in [0.2, 0.25) is 0 Å². The minimum Gasteiger partial charge on any atom is -0.396 e. The van der Waals surface area contributed by atoms with E-state index < -0.39 is 22.6 Å². The van der Waals surface area contributed by atoms with E-state index in [1.807, 2.05) is 42.5 Å². The summed E-state index contributed by atoms with van der Waals surface area (Å²) in [6.07, 6.45) is 2.69. The summed E-state index contributed by atoms with van der Waals surface area (Å²) >= 11 is 1.67. The molecule has 3 fully saturated rings. The standard InChI is InChI=1S/C26H31N3O4S/c1-25-11-12-26(34-25)20(19(25)22(31)27-2)24(33)29(13-5-6-14-30)21(26)23(32)28-18-10-9-16-7-3-4-8-17(16)15-18/h3-4,7-10,15,19-21,30H,5-6,11-14H2,1-2H3,(H,27,31)(H,28,32)/t19-,20-,21?,25+,26?/m0/s1. The Bertz CT molecular complexity index is 1160. The number of rotatable bonds is 7. The molecule has 0 radical (unpaired) electrons. The van der Waals surface area contributed by atoms with E-state index in [9.17, 15) is 19.5 Å². The van der Waals surface area contributed by atoms with Crippen LogP contribution in [-0.2, 0) is 14.4 Å². The lowest BCUT2D eigenvalue weighted by atomic mass is 9.66. The molecule has 8 heteroatoms. The van der Waals surface area contributed by atoms with E-state index in [2.05, 4.69) is 17.6 Å². The SMILES string of the molecule is CNC(=O)[C@@H]1[C@H]2C(=O)N(CCCCO)C(C(=O)Nc3ccc4ccccc4c3)C23CC[C@@]1(C)S3. The predicted molar refractivity (Wildman–Crippen MR) is 133 cm³/mol. The average molecular weight is 482 g/mol. The molecule has 3 aliphatic rings. The van der Waals surface area contributed by atoms with Crippen LogP contribution in [-0.4, -0.2) is 63.5 Å². The zero-order chi connectivity index (χ0) is 24.1. The molecule has 34 heavy (non-hydrogen) atoms. The van der Waals surface area contributed by atoms with Gasteiger partial charge in [-0.3, -0.25) is 14.4 Å². The number of aliphatic hydroxyl groups is 1. The number of fused-ring (bicyclic) bond motifs is 2. The maximum atomic E-state index is 13.8. The highest BCUT2D eigenvalue weighted by molar-refractivity contribution is 8.02. The lowest BCUT2D eigenvalue weighted by Crippen LogP contribution is -2.52. The van der Waals surface area contributed by atoms with Gasteiger partial charge in [-0.1, -0.05) is 30.3 Å². The molecule has 2 bridgehead atoms. The van der Waals surface area contributed by atoms with Crippen molar-refractivity contribution in [1.29, 1.82) is 0 Å². The van der Waals surface area contributed by atoms with Crippen molar-refractivity contribution in [3.8, 4) is 0 Å². The zero-order valence-electron chi connectivity index (χ0n) is 19.5. The molecule has 5 atom stereocenters. The molecule has 0 saturated carbocycles. The predicted octanol–water partition coefficient (Wildman–Crippen LogP) is 2.78. The summed E-state index contributed by atoms with van der Waals surface area (Å²) in [5.74, 6) is -1.41. The van der Waals surface area contributed by atoms with E-state index >= 15 is 0 Å². The Labute approximate surface area is 203 Å². The second-order valence-electron chi connectivity index (χ2n) is 9.86. The van der Waals surface area contributed by atoms with Gasteiger partial charge in [0.05, 0.1) is 16.6 Å². The van der Waals surface area contributed by atoms with Gasteiger partial charge in [0.15, 0.2) is 0 Å². The first-order valence-corrected chi connectivity index (χ1v) is 12.8. The fourth-order valence-corrected chi connectivity index (χ4v) is 8.75. The number of thioether (sulfide) groups is 1. The lowest BCUT2D eigenvalue weighted by molar-refractivity contribution is -0.140. The van der Waals surface area contributed by atoms with Crippen molar-refractivity contribution in [2.24, 2.45) is 11.8 Å². The van der Waals surface area contributed by atoms with Crippen molar-refractivity contribution in [3.63, 3.8) is 0 Å². The molecular formula is C26H31N3O4S. The molecule has 7 nitrogen and oxygen atoms in total. The van der Waals surface area contributed by atoms with E-state index in [1.165, 1.54) is 0 Å². The van der Waals surface area contributed by atoms with Gasteiger partial charge in [0.2, 0.25) is 17.7 Å². The van der Waals surface area contributed by atoms with Gasteiger partial charge in [0.1, 0.15) is 6.04 Å². The van der Waals surface area contributed by atoms with Crippen molar-refractivity contribution in [3.05, 3.63) is 42.5 Å². The number of nitrogens with zero attached hydrogens (tertiary/aromatic N) is 1. The molecule has 3 aliphatic heterocycles. The highest BCUT2D eigenvalue weighted by Crippen LogP contribution is 2.71. The van der Waals surface area contributed by atoms with Gasteiger partial charge in [-0.05, 0) is 55.5 Å². The Morgan fingerprint density at radius 2 is 1.88 bits per heavy atom. The van der Waals surface area contributed by atoms with E-state index in [0.717, 1.165) is 23.6 Å². The third-order valence-corrected chi connectivity index (χ3v) is 9.86.